The number of fused-ring (bicyclic) bond motifs is 1. The summed E-state index contributed by atoms with van der Waals surface area (Å²) in [5.74, 6) is 2.51. The van der Waals surface area contributed by atoms with E-state index >= 15 is 0 Å². The van der Waals surface area contributed by atoms with Crippen LogP contribution in [-0.2, 0) is 4.74 Å². The largest absolute Gasteiger partial charge is 0.497 e. The zero-order valence-electron chi connectivity index (χ0n) is 11.8. The number of methoxy groups -OCH3 is 1. The minimum Gasteiger partial charge on any atom is -0.497 e. The van der Waals surface area contributed by atoms with Gasteiger partial charge in [0.15, 0.2) is 0 Å². The molecule has 0 spiro atoms. The summed E-state index contributed by atoms with van der Waals surface area (Å²) in [4.78, 5) is 4.46. The highest BCUT2D eigenvalue weighted by atomic mass is 16.5. The number of hydrogen-bond donors (Lipinski definition) is 1. The topological polar surface area (TPSA) is 43.4 Å². The fourth-order valence-electron chi connectivity index (χ4n) is 2.62. The first-order valence-corrected chi connectivity index (χ1v) is 7.11. The first kappa shape index (κ1) is 13.2. The quantitative estimate of drug-likeness (QED) is 0.929. The summed E-state index contributed by atoms with van der Waals surface area (Å²) in [5.41, 5.74) is 0. The second-order valence-corrected chi connectivity index (χ2v) is 5.18. The van der Waals surface area contributed by atoms with Crippen molar-refractivity contribution in [3.05, 3.63) is 30.5 Å². The molecular formula is C16H20N2O2. The Hall–Kier alpha value is -1.81. The van der Waals surface area contributed by atoms with Gasteiger partial charge in [-0.25, -0.2) is 4.98 Å². The number of nitrogens with zero attached hydrogens (tertiary/aromatic N) is 1. The molecule has 2 heterocycles. The van der Waals surface area contributed by atoms with E-state index in [4.69, 9.17) is 9.47 Å². The monoisotopic (exact) mass is 272 g/mol. The molecule has 1 fully saturated rings. The molecule has 1 aliphatic rings. The molecule has 0 atom stereocenters. The average molecular weight is 272 g/mol. The van der Waals surface area contributed by atoms with E-state index in [1.807, 2.05) is 24.4 Å². The highest BCUT2D eigenvalue weighted by Gasteiger charge is 2.14. The average Bonchev–Trinajstić information content (AvgIpc) is 2.53. The number of nitrogens with one attached hydrogen (secondary N) is 1. The van der Waals surface area contributed by atoms with Crippen LogP contribution in [0.15, 0.2) is 30.5 Å². The van der Waals surface area contributed by atoms with Gasteiger partial charge in [-0.15, -0.1) is 0 Å². The SMILES string of the molecule is COc1ccc2c(NCC3CCOCC3)nccc2c1. The van der Waals surface area contributed by atoms with Crippen LogP contribution in [0.3, 0.4) is 0 Å². The number of anilines is 1. The van der Waals surface area contributed by atoms with Crippen molar-refractivity contribution in [1.82, 2.24) is 4.98 Å². The molecule has 1 saturated heterocycles. The molecule has 0 bridgehead atoms. The maximum atomic E-state index is 5.39. The molecule has 1 aromatic carbocycles. The van der Waals surface area contributed by atoms with E-state index in [1.54, 1.807) is 7.11 Å². The third-order valence-electron chi connectivity index (χ3n) is 3.87. The van der Waals surface area contributed by atoms with Crippen molar-refractivity contribution in [2.75, 3.05) is 32.2 Å². The van der Waals surface area contributed by atoms with Gasteiger partial charge in [0.2, 0.25) is 0 Å². The second kappa shape index (κ2) is 6.09. The van der Waals surface area contributed by atoms with E-state index in [2.05, 4.69) is 16.4 Å². The fourth-order valence-corrected chi connectivity index (χ4v) is 2.62. The predicted octanol–water partition coefficient (Wildman–Crippen LogP) is 3.08. The molecule has 0 radical (unpaired) electrons. The van der Waals surface area contributed by atoms with Gasteiger partial charge in [-0.1, -0.05) is 0 Å². The van der Waals surface area contributed by atoms with Gasteiger partial charge in [-0.05, 0) is 48.4 Å². The lowest BCUT2D eigenvalue weighted by molar-refractivity contribution is 0.0699. The smallest absolute Gasteiger partial charge is 0.133 e. The Morgan fingerprint density at radius 2 is 2.15 bits per heavy atom. The lowest BCUT2D eigenvalue weighted by Crippen LogP contribution is -2.22. The van der Waals surface area contributed by atoms with Crippen LogP contribution in [0.1, 0.15) is 12.8 Å². The minimum atomic E-state index is 0.680. The summed E-state index contributed by atoms with van der Waals surface area (Å²) >= 11 is 0. The van der Waals surface area contributed by atoms with Crippen LogP contribution in [0.5, 0.6) is 5.75 Å². The maximum Gasteiger partial charge on any atom is 0.133 e. The molecule has 0 unspecified atom stereocenters. The molecule has 20 heavy (non-hydrogen) atoms. The summed E-state index contributed by atoms with van der Waals surface area (Å²) in [5, 5.41) is 5.77. The Balaban J connectivity index is 1.76. The van der Waals surface area contributed by atoms with E-state index in [1.165, 1.54) is 0 Å². The molecule has 0 saturated carbocycles. The highest BCUT2D eigenvalue weighted by molar-refractivity contribution is 5.92. The predicted molar refractivity (Wildman–Crippen MR) is 80.3 cm³/mol. The molecule has 1 N–H and O–H groups in total. The first-order chi connectivity index (χ1) is 9.86. The number of pyridine rings is 1. The van der Waals surface area contributed by atoms with Crippen molar-refractivity contribution in [3.63, 3.8) is 0 Å². The third-order valence-corrected chi connectivity index (χ3v) is 3.87. The van der Waals surface area contributed by atoms with Crippen LogP contribution >= 0.6 is 0 Å². The zero-order chi connectivity index (χ0) is 13.8. The van der Waals surface area contributed by atoms with Crippen molar-refractivity contribution in [3.8, 4) is 5.75 Å². The summed E-state index contributed by atoms with van der Waals surface area (Å²) in [6.45, 7) is 2.72. The molecule has 4 heteroatoms. The van der Waals surface area contributed by atoms with Gasteiger partial charge in [-0.3, -0.25) is 0 Å². The highest BCUT2D eigenvalue weighted by Crippen LogP contribution is 2.26. The first-order valence-electron chi connectivity index (χ1n) is 7.11. The van der Waals surface area contributed by atoms with Crippen LogP contribution < -0.4 is 10.1 Å². The molecule has 1 aromatic heterocycles. The fraction of sp³-hybridized carbons (Fsp3) is 0.438. The zero-order valence-corrected chi connectivity index (χ0v) is 11.8. The second-order valence-electron chi connectivity index (χ2n) is 5.18. The molecule has 0 amide bonds. The van der Waals surface area contributed by atoms with Crippen LogP contribution in [0, 0.1) is 5.92 Å². The number of benzene rings is 1. The van der Waals surface area contributed by atoms with Crippen molar-refractivity contribution >= 4 is 16.6 Å². The van der Waals surface area contributed by atoms with Crippen molar-refractivity contribution in [1.29, 1.82) is 0 Å². The molecule has 106 valence electrons. The molecule has 3 rings (SSSR count). The molecule has 4 nitrogen and oxygen atoms in total. The number of hydrogen-bond acceptors (Lipinski definition) is 4. The van der Waals surface area contributed by atoms with Crippen LogP contribution in [-0.4, -0.2) is 31.9 Å². The Bertz CT molecular complexity index is 580. The van der Waals surface area contributed by atoms with Crippen LogP contribution in [0.25, 0.3) is 10.8 Å². The van der Waals surface area contributed by atoms with Gasteiger partial charge in [0.1, 0.15) is 11.6 Å². The van der Waals surface area contributed by atoms with E-state index in [0.717, 1.165) is 54.9 Å². The summed E-state index contributed by atoms with van der Waals surface area (Å²) < 4.78 is 10.7. The third kappa shape index (κ3) is 2.85. The molecule has 1 aliphatic heterocycles. The van der Waals surface area contributed by atoms with Gasteiger partial charge in [0.25, 0.3) is 0 Å². The minimum absolute atomic E-state index is 0.680. The summed E-state index contributed by atoms with van der Waals surface area (Å²) in [6, 6.07) is 8.09. The Kier molecular flexibility index (Phi) is 4.02. The molecular weight excluding hydrogens is 252 g/mol. The summed E-state index contributed by atoms with van der Waals surface area (Å²) in [6.07, 6.45) is 4.10. The Morgan fingerprint density at radius 3 is 2.95 bits per heavy atom. The maximum absolute atomic E-state index is 5.39. The van der Waals surface area contributed by atoms with Crippen LogP contribution in [0.4, 0.5) is 5.82 Å². The van der Waals surface area contributed by atoms with E-state index in [9.17, 15) is 0 Å². The normalized spacial score (nSPS) is 16.2. The lowest BCUT2D eigenvalue weighted by Gasteiger charge is -2.22. The molecule has 2 aromatic rings. The van der Waals surface area contributed by atoms with Crippen molar-refractivity contribution in [2.45, 2.75) is 12.8 Å². The summed E-state index contributed by atoms with van der Waals surface area (Å²) in [7, 11) is 1.69. The lowest BCUT2D eigenvalue weighted by atomic mass is 10.0. The van der Waals surface area contributed by atoms with E-state index in [-0.39, 0.29) is 0 Å². The van der Waals surface area contributed by atoms with E-state index in [0.29, 0.717) is 5.92 Å². The van der Waals surface area contributed by atoms with Gasteiger partial charge < -0.3 is 14.8 Å². The Morgan fingerprint density at radius 1 is 1.30 bits per heavy atom. The van der Waals surface area contributed by atoms with Crippen molar-refractivity contribution in [2.24, 2.45) is 5.92 Å². The van der Waals surface area contributed by atoms with Gasteiger partial charge in [0.05, 0.1) is 7.11 Å². The Labute approximate surface area is 119 Å². The number of ether oxygens (including phenoxy) is 2. The van der Waals surface area contributed by atoms with Crippen molar-refractivity contribution < 1.29 is 9.47 Å². The molecule has 0 aliphatic carbocycles. The van der Waals surface area contributed by atoms with Crippen LogP contribution in [0.2, 0.25) is 0 Å². The standard InChI is InChI=1S/C16H20N2O2/c1-19-14-2-3-15-13(10-14)4-7-17-16(15)18-11-12-5-8-20-9-6-12/h2-4,7,10,12H,5-6,8-9,11H2,1H3,(H,17,18). The number of aromatic nitrogens is 1. The number of rotatable bonds is 4. The van der Waals surface area contributed by atoms with Gasteiger partial charge in [0, 0.05) is 31.3 Å². The van der Waals surface area contributed by atoms with Gasteiger partial charge >= 0.3 is 0 Å². The van der Waals surface area contributed by atoms with E-state index < -0.39 is 0 Å². The van der Waals surface area contributed by atoms with Gasteiger partial charge in [-0.2, -0.15) is 0 Å².